The molecule has 2 rings (SSSR count). The van der Waals surface area contributed by atoms with Crippen LogP contribution in [-0.2, 0) is 14.3 Å². The lowest BCUT2D eigenvalue weighted by Gasteiger charge is -2.25. The molecule has 7 heteroatoms. The van der Waals surface area contributed by atoms with E-state index in [4.69, 9.17) is 16.3 Å². The Kier molecular flexibility index (Phi) is 7.35. The lowest BCUT2D eigenvalue weighted by molar-refractivity contribution is -0.140. The van der Waals surface area contributed by atoms with Crippen molar-refractivity contribution >= 4 is 35.2 Å². The SMILES string of the molecule is CCCCOC(=O)CSC1=C(C#N)C(c2ccccc2Cl)CC(=O)N1. The molecule has 1 aliphatic rings. The van der Waals surface area contributed by atoms with Crippen LogP contribution in [0.4, 0.5) is 0 Å². The summed E-state index contributed by atoms with van der Waals surface area (Å²) in [6, 6.07) is 9.32. The van der Waals surface area contributed by atoms with Gasteiger partial charge in [0, 0.05) is 17.4 Å². The molecule has 1 unspecified atom stereocenters. The molecule has 1 N–H and O–H groups in total. The Hall–Kier alpha value is -1.97. The summed E-state index contributed by atoms with van der Waals surface area (Å²) in [5.41, 5.74) is 1.15. The van der Waals surface area contributed by atoms with Crippen molar-refractivity contribution in [3.05, 3.63) is 45.5 Å². The zero-order valence-electron chi connectivity index (χ0n) is 13.9. The van der Waals surface area contributed by atoms with Crippen molar-refractivity contribution in [1.29, 1.82) is 5.26 Å². The summed E-state index contributed by atoms with van der Waals surface area (Å²) >= 11 is 7.34. The second-order valence-corrected chi connectivity index (χ2v) is 6.94. The molecule has 1 aromatic carbocycles. The van der Waals surface area contributed by atoms with Crippen molar-refractivity contribution in [2.24, 2.45) is 0 Å². The summed E-state index contributed by atoms with van der Waals surface area (Å²) in [6.45, 7) is 2.40. The molecule has 0 bridgehead atoms. The first-order valence-corrected chi connectivity index (χ1v) is 9.40. The van der Waals surface area contributed by atoms with Gasteiger partial charge in [0.05, 0.1) is 29.0 Å². The van der Waals surface area contributed by atoms with Crippen LogP contribution < -0.4 is 5.32 Å². The highest BCUT2D eigenvalue weighted by Gasteiger charge is 2.31. The highest BCUT2D eigenvalue weighted by atomic mass is 35.5. The van der Waals surface area contributed by atoms with Crippen LogP contribution in [0.25, 0.3) is 0 Å². The van der Waals surface area contributed by atoms with Gasteiger partial charge in [0.2, 0.25) is 5.91 Å². The van der Waals surface area contributed by atoms with E-state index in [0.717, 1.165) is 30.2 Å². The minimum Gasteiger partial charge on any atom is -0.465 e. The number of hydrogen-bond acceptors (Lipinski definition) is 5. The largest absolute Gasteiger partial charge is 0.465 e. The number of nitriles is 1. The Morgan fingerprint density at radius 2 is 2.24 bits per heavy atom. The zero-order chi connectivity index (χ0) is 18.2. The van der Waals surface area contributed by atoms with Crippen LogP contribution in [0.2, 0.25) is 5.02 Å². The molecular weight excluding hydrogens is 360 g/mol. The van der Waals surface area contributed by atoms with Crippen LogP contribution in [0, 0.1) is 11.3 Å². The number of ether oxygens (including phenoxy) is 1. The van der Waals surface area contributed by atoms with E-state index in [1.165, 1.54) is 0 Å². The first-order chi connectivity index (χ1) is 12.1. The molecule has 1 aromatic rings. The van der Waals surface area contributed by atoms with Crippen molar-refractivity contribution < 1.29 is 14.3 Å². The predicted octanol–water partition coefficient (Wildman–Crippen LogP) is 3.76. The van der Waals surface area contributed by atoms with Crippen molar-refractivity contribution in [3.8, 4) is 6.07 Å². The molecule has 0 aromatic heterocycles. The molecular formula is C18H19ClN2O3S. The summed E-state index contributed by atoms with van der Waals surface area (Å²) in [6.07, 6.45) is 1.91. The van der Waals surface area contributed by atoms with E-state index in [0.29, 0.717) is 22.2 Å². The molecule has 25 heavy (non-hydrogen) atoms. The van der Waals surface area contributed by atoms with Crippen LogP contribution >= 0.6 is 23.4 Å². The fourth-order valence-corrected chi connectivity index (χ4v) is 3.60. The summed E-state index contributed by atoms with van der Waals surface area (Å²) in [5.74, 6) is -0.936. The number of nitrogens with zero attached hydrogens (tertiary/aromatic N) is 1. The number of benzene rings is 1. The molecule has 0 fully saturated rings. The Morgan fingerprint density at radius 1 is 1.48 bits per heavy atom. The molecule has 5 nitrogen and oxygen atoms in total. The molecule has 1 atom stereocenters. The van der Waals surface area contributed by atoms with Gasteiger partial charge < -0.3 is 10.1 Å². The monoisotopic (exact) mass is 378 g/mol. The van der Waals surface area contributed by atoms with E-state index in [1.807, 2.05) is 19.1 Å². The normalized spacial score (nSPS) is 17.0. The number of thioether (sulfide) groups is 1. The zero-order valence-corrected chi connectivity index (χ0v) is 15.5. The van der Waals surface area contributed by atoms with Gasteiger partial charge >= 0.3 is 5.97 Å². The van der Waals surface area contributed by atoms with Gasteiger partial charge in [-0.1, -0.05) is 54.9 Å². The number of esters is 1. The van der Waals surface area contributed by atoms with Crippen molar-refractivity contribution in [3.63, 3.8) is 0 Å². The van der Waals surface area contributed by atoms with Crippen molar-refractivity contribution in [2.45, 2.75) is 32.1 Å². The van der Waals surface area contributed by atoms with E-state index in [2.05, 4.69) is 11.4 Å². The number of rotatable bonds is 7. The third-order valence-electron chi connectivity index (χ3n) is 3.73. The number of halogens is 1. The molecule has 1 heterocycles. The molecule has 1 amide bonds. The number of hydrogen-bond donors (Lipinski definition) is 1. The summed E-state index contributed by atoms with van der Waals surface area (Å²) < 4.78 is 5.10. The predicted molar refractivity (Wildman–Crippen MR) is 97.9 cm³/mol. The molecule has 0 saturated heterocycles. The third-order valence-corrected chi connectivity index (χ3v) is 5.07. The maximum Gasteiger partial charge on any atom is 0.316 e. The molecule has 1 aliphatic heterocycles. The molecule has 0 aliphatic carbocycles. The highest BCUT2D eigenvalue weighted by molar-refractivity contribution is 8.03. The van der Waals surface area contributed by atoms with Gasteiger partial charge in [-0.2, -0.15) is 5.26 Å². The van der Waals surface area contributed by atoms with E-state index in [9.17, 15) is 14.9 Å². The fraction of sp³-hybridized carbons (Fsp3) is 0.389. The number of nitrogens with one attached hydrogen (secondary N) is 1. The smallest absolute Gasteiger partial charge is 0.316 e. The second kappa shape index (κ2) is 9.50. The van der Waals surface area contributed by atoms with Gasteiger partial charge in [0.15, 0.2) is 0 Å². The van der Waals surface area contributed by atoms with Gasteiger partial charge in [0.25, 0.3) is 0 Å². The standard InChI is InChI=1S/C18H19ClN2O3S/c1-2-3-8-24-17(23)11-25-18-14(10-20)13(9-16(22)21-18)12-6-4-5-7-15(12)19/h4-7,13H,2-3,8-9,11H2,1H3,(H,21,22). The quantitative estimate of drug-likeness (QED) is 0.577. The first kappa shape index (κ1) is 19.4. The number of unbranched alkanes of at least 4 members (excludes halogenated alkanes) is 1. The Balaban J connectivity index is 2.16. The van der Waals surface area contributed by atoms with Crippen LogP contribution in [0.15, 0.2) is 34.9 Å². The Bertz CT molecular complexity index is 727. The number of amides is 1. The summed E-state index contributed by atoms with van der Waals surface area (Å²) in [4.78, 5) is 23.8. The minimum atomic E-state index is -0.411. The molecule has 0 radical (unpaired) electrons. The van der Waals surface area contributed by atoms with Gasteiger partial charge in [0.1, 0.15) is 0 Å². The molecule has 132 valence electrons. The topological polar surface area (TPSA) is 79.2 Å². The maximum absolute atomic E-state index is 12.1. The average Bonchev–Trinajstić information content (AvgIpc) is 2.60. The number of carbonyl (C=O) groups is 2. The molecule has 0 spiro atoms. The molecule has 0 saturated carbocycles. The van der Waals surface area contributed by atoms with E-state index >= 15 is 0 Å². The van der Waals surface area contributed by atoms with Crippen molar-refractivity contribution in [2.75, 3.05) is 12.4 Å². The van der Waals surface area contributed by atoms with E-state index < -0.39 is 5.92 Å². The van der Waals surface area contributed by atoms with Crippen LogP contribution in [0.3, 0.4) is 0 Å². The van der Waals surface area contributed by atoms with Crippen molar-refractivity contribution in [1.82, 2.24) is 5.32 Å². The first-order valence-electron chi connectivity index (χ1n) is 8.03. The maximum atomic E-state index is 12.1. The minimum absolute atomic E-state index is 0.0414. The van der Waals surface area contributed by atoms with Gasteiger partial charge in [-0.15, -0.1) is 0 Å². The van der Waals surface area contributed by atoms with E-state index in [-0.39, 0.29) is 24.1 Å². The number of carbonyl (C=O) groups excluding carboxylic acids is 2. The van der Waals surface area contributed by atoms with Crippen LogP contribution in [0.1, 0.15) is 37.7 Å². The van der Waals surface area contributed by atoms with Gasteiger partial charge in [-0.05, 0) is 18.1 Å². The third kappa shape index (κ3) is 5.25. The second-order valence-electron chi connectivity index (χ2n) is 5.54. The summed E-state index contributed by atoms with van der Waals surface area (Å²) in [5, 5.41) is 13.2. The number of allylic oxidation sites excluding steroid dienone is 1. The average molecular weight is 379 g/mol. The Morgan fingerprint density at radius 3 is 2.92 bits per heavy atom. The lowest BCUT2D eigenvalue weighted by atomic mass is 9.87. The lowest BCUT2D eigenvalue weighted by Crippen LogP contribution is -2.31. The summed E-state index contributed by atoms with van der Waals surface area (Å²) in [7, 11) is 0. The van der Waals surface area contributed by atoms with E-state index in [1.54, 1.807) is 12.1 Å². The van der Waals surface area contributed by atoms with Crippen LogP contribution in [-0.4, -0.2) is 24.2 Å². The van der Waals surface area contributed by atoms with Crippen LogP contribution in [0.5, 0.6) is 0 Å². The van der Waals surface area contributed by atoms with Gasteiger partial charge in [-0.3, -0.25) is 9.59 Å². The Labute approximate surface area is 156 Å². The van der Waals surface area contributed by atoms with Gasteiger partial charge in [-0.25, -0.2) is 0 Å². The fourth-order valence-electron chi connectivity index (χ4n) is 2.46. The highest BCUT2D eigenvalue weighted by Crippen LogP contribution is 2.38.